The van der Waals surface area contributed by atoms with Crippen molar-refractivity contribution in [1.82, 2.24) is 0 Å². The van der Waals surface area contributed by atoms with Crippen molar-refractivity contribution in [3.63, 3.8) is 0 Å². The van der Waals surface area contributed by atoms with Gasteiger partial charge in [-0.25, -0.2) is 0 Å². The maximum Gasteiger partial charge on any atom is 0.278 e. The molecule has 2 rings (SSSR count). The van der Waals surface area contributed by atoms with Crippen molar-refractivity contribution in [1.29, 1.82) is 5.26 Å². The monoisotopic (exact) mass is 301 g/mol. The van der Waals surface area contributed by atoms with Crippen LogP contribution >= 0.6 is 11.3 Å². The zero-order valence-electron chi connectivity index (χ0n) is 11.8. The highest BCUT2D eigenvalue weighted by Gasteiger charge is 2.23. The lowest BCUT2D eigenvalue weighted by Crippen LogP contribution is -1.96. The van der Waals surface area contributed by atoms with Gasteiger partial charge in [-0.15, -0.1) is 11.3 Å². The quantitative estimate of drug-likeness (QED) is 0.681. The van der Waals surface area contributed by atoms with Crippen LogP contribution in [0, 0.1) is 28.4 Å². The van der Waals surface area contributed by atoms with Gasteiger partial charge in [-0.2, -0.15) is 5.26 Å². The van der Waals surface area contributed by atoms with Crippen molar-refractivity contribution >= 4 is 22.7 Å². The number of nitrogens with zero attached hydrogens (tertiary/aromatic N) is 2. The van der Waals surface area contributed by atoms with Crippen molar-refractivity contribution in [2.75, 3.05) is 5.73 Å². The summed E-state index contributed by atoms with van der Waals surface area (Å²) in [5.74, 6) is 0. The number of anilines is 1. The minimum atomic E-state index is -0.396. The van der Waals surface area contributed by atoms with Crippen LogP contribution in [0.2, 0.25) is 0 Å². The predicted molar refractivity (Wildman–Crippen MR) is 84.3 cm³/mol. The van der Waals surface area contributed by atoms with Crippen molar-refractivity contribution in [3.8, 4) is 16.5 Å². The van der Waals surface area contributed by atoms with Crippen LogP contribution in [0.3, 0.4) is 0 Å². The number of rotatable bonds is 4. The zero-order chi connectivity index (χ0) is 15.6. The normalized spacial score (nSPS) is 10.3. The Hall–Kier alpha value is -2.39. The second kappa shape index (κ2) is 5.94. The smallest absolute Gasteiger partial charge is 0.278 e. The molecule has 108 valence electrons. The lowest BCUT2D eigenvalue weighted by atomic mass is 10.0. The summed E-state index contributed by atoms with van der Waals surface area (Å²) in [6.45, 7) is 3.90. The maximum absolute atomic E-state index is 11.3. The third-order valence-corrected chi connectivity index (χ3v) is 4.43. The van der Waals surface area contributed by atoms with Crippen LogP contribution in [-0.2, 0) is 6.42 Å². The molecule has 1 aromatic carbocycles. The van der Waals surface area contributed by atoms with Gasteiger partial charge in [0.05, 0.1) is 16.2 Å². The molecule has 0 spiro atoms. The van der Waals surface area contributed by atoms with Crippen molar-refractivity contribution in [3.05, 3.63) is 44.3 Å². The summed E-state index contributed by atoms with van der Waals surface area (Å²) in [7, 11) is 0. The van der Waals surface area contributed by atoms with E-state index in [4.69, 9.17) is 11.0 Å². The second-order valence-electron chi connectivity index (χ2n) is 4.79. The summed E-state index contributed by atoms with van der Waals surface area (Å²) in [4.78, 5) is 12.0. The Balaban J connectivity index is 2.75. The topological polar surface area (TPSA) is 93.0 Å². The summed E-state index contributed by atoms with van der Waals surface area (Å²) in [6.07, 6.45) is 1.56. The second-order valence-corrected chi connectivity index (χ2v) is 5.81. The minimum Gasteiger partial charge on any atom is -0.397 e. The van der Waals surface area contributed by atoms with E-state index in [1.165, 1.54) is 17.4 Å². The number of thiophene rings is 1. The molecular weight excluding hydrogens is 286 g/mol. The largest absolute Gasteiger partial charge is 0.397 e. The molecule has 0 unspecified atom stereocenters. The number of hydrogen-bond acceptors (Lipinski definition) is 5. The van der Waals surface area contributed by atoms with Gasteiger partial charge in [0.15, 0.2) is 0 Å². The van der Waals surface area contributed by atoms with Crippen LogP contribution in [0.15, 0.2) is 18.2 Å². The maximum atomic E-state index is 11.3. The first kappa shape index (κ1) is 15.0. The summed E-state index contributed by atoms with van der Waals surface area (Å²) >= 11 is 1.23. The van der Waals surface area contributed by atoms with Crippen LogP contribution in [0.1, 0.15) is 29.3 Å². The average molecular weight is 301 g/mol. The molecule has 0 aliphatic heterocycles. The molecule has 0 radical (unpaired) electrons. The molecule has 0 bridgehead atoms. The van der Waals surface area contributed by atoms with E-state index in [1.54, 1.807) is 12.1 Å². The van der Waals surface area contributed by atoms with E-state index in [0.717, 1.165) is 22.4 Å². The van der Waals surface area contributed by atoms with Gasteiger partial charge >= 0.3 is 0 Å². The van der Waals surface area contributed by atoms with Gasteiger partial charge in [0.2, 0.25) is 0 Å². The SMILES string of the molecule is CCCc1c(-c2cc(C)ccc2[N+](=O)[O-])sc(C#N)c1N. The van der Waals surface area contributed by atoms with E-state index in [2.05, 4.69) is 6.07 Å². The Morgan fingerprint density at radius 3 is 2.76 bits per heavy atom. The molecule has 0 saturated carbocycles. The highest BCUT2D eigenvalue weighted by molar-refractivity contribution is 7.16. The van der Waals surface area contributed by atoms with E-state index in [0.29, 0.717) is 22.5 Å². The van der Waals surface area contributed by atoms with E-state index in [1.807, 2.05) is 13.8 Å². The van der Waals surface area contributed by atoms with Gasteiger partial charge in [0, 0.05) is 10.9 Å². The molecule has 0 fully saturated rings. The summed E-state index contributed by atoms with van der Waals surface area (Å²) in [5.41, 5.74) is 8.84. The molecule has 2 N–H and O–H groups in total. The summed E-state index contributed by atoms with van der Waals surface area (Å²) < 4.78 is 0. The number of nitrogen functional groups attached to an aromatic ring is 1. The number of nitro benzene ring substituents is 1. The molecular formula is C15H15N3O2S. The van der Waals surface area contributed by atoms with Crippen LogP contribution in [0.5, 0.6) is 0 Å². The fourth-order valence-corrected chi connectivity index (χ4v) is 3.36. The Morgan fingerprint density at radius 2 is 2.19 bits per heavy atom. The molecule has 1 heterocycles. The van der Waals surface area contributed by atoms with Crippen LogP contribution in [0.4, 0.5) is 11.4 Å². The van der Waals surface area contributed by atoms with Gasteiger partial charge in [0.1, 0.15) is 10.9 Å². The fourth-order valence-electron chi connectivity index (χ4n) is 2.27. The molecule has 1 aromatic heterocycles. The molecule has 0 aliphatic rings. The minimum absolute atomic E-state index is 0.0451. The third-order valence-electron chi connectivity index (χ3n) is 3.24. The van der Waals surface area contributed by atoms with Crippen LogP contribution < -0.4 is 5.73 Å². The zero-order valence-corrected chi connectivity index (χ0v) is 12.7. The molecule has 0 saturated heterocycles. The van der Waals surface area contributed by atoms with Gasteiger partial charge in [-0.05, 0) is 30.5 Å². The fraction of sp³-hybridized carbons (Fsp3) is 0.267. The third kappa shape index (κ3) is 2.73. The number of nitro groups is 1. The average Bonchev–Trinajstić information content (AvgIpc) is 2.76. The van der Waals surface area contributed by atoms with Gasteiger partial charge in [0.25, 0.3) is 5.69 Å². The molecule has 6 heteroatoms. The van der Waals surface area contributed by atoms with E-state index in [9.17, 15) is 10.1 Å². The Morgan fingerprint density at radius 1 is 1.48 bits per heavy atom. The van der Waals surface area contributed by atoms with E-state index >= 15 is 0 Å². The van der Waals surface area contributed by atoms with Gasteiger partial charge in [-0.3, -0.25) is 10.1 Å². The number of aryl methyl sites for hydroxylation is 1. The van der Waals surface area contributed by atoms with Crippen molar-refractivity contribution in [2.24, 2.45) is 0 Å². The first-order valence-electron chi connectivity index (χ1n) is 6.56. The highest BCUT2D eigenvalue weighted by atomic mass is 32.1. The lowest BCUT2D eigenvalue weighted by molar-refractivity contribution is -0.384. The summed E-state index contributed by atoms with van der Waals surface area (Å²) in [5, 5.41) is 20.4. The van der Waals surface area contributed by atoms with Crippen molar-refractivity contribution < 1.29 is 4.92 Å². The van der Waals surface area contributed by atoms with Crippen LogP contribution in [-0.4, -0.2) is 4.92 Å². The molecule has 2 aromatic rings. The molecule has 0 aliphatic carbocycles. The summed E-state index contributed by atoms with van der Waals surface area (Å²) in [6, 6.07) is 7.07. The van der Waals surface area contributed by atoms with Gasteiger partial charge < -0.3 is 5.73 Å². The first-order chi connectivity index (χ1) is 9.99. The first-order valence-corrected chi connectivity index (χ1v) is 7.37. The van der Waals surface area contributed by atoms with Crippen LogP contribution in [0.25, 0.3) is 10.4 Å². The number of benzene rings is 1. The molecule has 0 amide bonds. The predicted octanol–water partition coefficient (Wildman–Crippen LogP) is 4.04. The molecule has 0 atom stereocenters. The molecule has 21 heavy (non-hydrogen) atoms. The van der Waals surface area contributed by atoms with Gasteiger partial charge in [-0.1, -0.05) is 19.4 Å². The van der Waals surface area contributed by atoms with E-state index < -0.39 is 4.92 Å². The highest BCUT2D eigenvalue weighted by Crippen LogP contribution is 2.42. The standard InChI is InChI=1S/C15H15N3O2S/c1-3-4-10-14(17)13(8-16)21-15(10)11-7-9(2)5-6-12(11)18(19)20/h5-7H,3-4,17H2,1-2H3. The lowest BCUT2D eigenvalue weighted by Gasteiger charge is -2.06. The number of hydrogen-bond donors (Lipinski definition) is 1. The number of nitrogens with two attached hydrogens (primary N) is 1. The Kier molecular flexibility index (Phi) is 4.24. The number of nitriles is 1. The Bertz CT molecular complexity index is 744. The molecule has 5 nitrogen and oxygen atoms in total. The Labute approximate surface area is 126 Å². The van der Waals surface area contributed by atoms with E-state index in [-0.39, 0.29) is 5.69 Å². The van der Waals surface area contributed by atoms with Crippen molar-refractivity contribution in [2.45, 2.75) is 26.7 Å².